The van der Waals surface area contributed by atoms with Gasteiger partial charge in [-0.05, 0) is 62.1 Å². The second-order valence-electron chi connectivity index (χ2n) is 6.50. The van der Waals surface area contributed by atoms with Crippen molar-refractivity contribution in [1.82, 2.24) is 5.32 Å². The van der Waals surface area contributed by atoms with E-state index in [2.05, 4.69) is 5.32 Å². The van der Waals surface area contributed by atoms with Crippen molar-refractivity contribution in [1.29, 1.82) is 0 Å². The van der Waals surface area contributed by atoms with E-state index < -0.39 is 5.82 Å². The average Bonchev–Trinajstić information content (AvgIpc) is 2.91. The van der Waals surface area contributed by atoms with Gasteiger partial charge in [0.15, 0.2) is 11.6 Å². The molecule has 0 radical (unpaired) electrons. The number of rotatable bonds is 4. The summed E-state index contributed by atoms with van der Waals surface area (Å²) in [6.45, 7) is 0. The van der Waals surface area contributed by atoms with E-state index >= 15 is 0 Å². The van der Waals surface area contributed by atoms with Crippen LogP contribution in [-0.2, 0) is 0 Å². The van der Waals surface area contributed by atoms with Crippen molar-refractivity contribution >= 4 is 11.6 Å². The van der Waals surface area contributed by atoms with Crippen LogP contribution >= 0.6 is 11.6 Å². The van der Waals surface area contributed by atoms with Gasteiger partial charge in [0.25, 0.3) is 0 Å². The average molecular weight is 348 g/mol. The lowest BCUT2D eigenvalue weighted by atomic mass is 10.0. The summed E-state index contributed by atoms with van der Waals surface area (Å²) in [7, 11) is 0. The summed E-state index contributed by atoms with van der Waals surface area (Å²) < 4.78 is 25.7. The summed E-state index contributed by atoms with van der Waals surface area (Å²) >= 11 is 5.85. The Hall–Kier alpha value is -1.78. The molecule has 2 saturated heterocycles. The molecule has 2 bridgehead atoms. The fraction of sp³-hybridized carbons (Fsp3) is 0.368. The number of fused-ring (bicyclic) bond motifs is 2. The molecule has 0 saturated carbocycles. The Labute approximate surface area is 145 Å². The Morgan fingerprint density at radius 1 is 0.958 bits per heavy atom. The van der Waals surface area contributed by atoms with Gasteiger partial charge >= 0.3 is 0 Å². The van der Waals surface area contributed by atoms with E-state index in [9.17, 15) is 4.39 Å². The van der Waals surface area contributed by atoms with Gasteiger partial charge in [-0.1, -0.05) is 11.6 Å². The van der Waals surface area contributed by atoms with Gasteiger partial charge in [-0.2, -0.15) is 0 Å². The predicted molar refractivity (Wildman–Crippen MR) is 91.5 cm³/mol. The fourth-order valence-electron chi connectivity index (χ4n) is 3.56. The molecule has 24 heavy (non-hydrogen) atoms. The molecule has 4 rings (SSSR count). The van der Waals surface area contributed by atoms with Crippen molar-refractivity contribution in [2.24, 2.45) is 0 Å². The number of hydrogen-bond acceptors (Lipinski definition) is 3. The quantitative estimate of drug-likeness (QED) is 0.850. The van der Waals surface area contributed by atoms with Crippen LogP contribution in [0.2, 0.25) is 5.02 Å². The van der Waals surface area contributed by atoms with Gasteiger partial charge in [-0.25, -0.2) is 4.39 Å². The molecule has 1 N–H and O–H groups in total. The van der Waals surface area contributed by atoms with Crippen molar-refractivity contribution in [2.45, 2.75) is 43.9 Å². The third kappa shape index (κ3) is 3.50. The lowest BCUT2D eigenvalue weighted by Gasteiger charge is -2.29. The highest BCUT2D eigenvalue weighted by Crippen LogP contribution is 2.33. The maximum absolute atomic E-state index is 14.0. The molecule has 5 heteroatoms. The van der Waals surface area contributed by atoms with Crippen molar-refractivity contribution in [3.63, 3.8) is 0 Å². The topological polar surface area (TPSA) is 30.5 Å². The summed E-state index contributed by atoms with van der Waals surface area (Å²) in [5.74, 6) is 0.927. The smallest absolute Gasteiger partial charge is 0.166 e. The normalized spacial score (nSPS) is 25.5. The van der Waals surface area contributed by atoms with Crippen molar-refractivity contribution in [3.8, 4) is 17.2 Å². The van der Waals surface area contributed by atoms with E-state index in [1.807, 2.05) is 0 Å². The lowest BCUT2D eigenvalue weighted by molar-refractivity contribution is 0.137. The molecule has 0 aromatic heterocycles. The minimum absolute atomic E-state index is 0.159. The highest BCUT2D eigenvalue weighted by atomic mass is 35.5. The monoisotopic (exact) mass is 347 g/mol. The van der Waals surface area contributed by atoms with E-state index in [4.69, 9.17) is 21.1 Å². The summed E-state index contributed by atoms with van der Waals surface area (Å²) in [5.41, 5.74) is 0. The van der Waals surface area contributed by atoms with Crippen LogP contribution in [0.5, 0.6) is 17.2 Å². The van der Waals surface area contributed by atoms with Gasteiger partial charge in [0.1, 0.15) is 17.6 Å². The molecule has 3 atom stereocenters. The third-order valence-electron chi connectivity index (χ3n) is 4.68. The van der Waals surface area contributed by atoms with Crippen molar-refractivity contribution in [2.75, 3.05) is 0 Å². The maximum Gasteiger partial charge on any atom is 0.166 e. The number of piperidine rings is 1. The Kier molecular flexibility index (Phi) is 4.33. The zero-order valence-corrected chi connectivity index (χ0v) is 13.9. The number of halogens is 2. The minimum Gasteiger partial charge on any atom is -0.490 e. The standard InChI is InChI=1S/C19H19ClFNO2/c20-12-1-5-15(6-2-12)24-19-11-16(7-8-18(19)21)23-17-9-13-3-4-14(10-17)22-13/h1-2,5-8,11,13-14,17,22H,3-4,9-10H2/t13-,14+,17-. The first-order valence-corrected chi connectivity index (χ1v) is 8.69. The van der Waals surface area contributed by atoms with Crippen LogP contribution in [0.3, 0.4) is 0 Å². The first kappa shape index (κ1) is 15.7. The zero-order chi connectivity index (χ0) is 16.5. The van der Waals surface area contributed by atoms with Crippen LogP contribution in [0.1, 0.15) is 25.7 Å². The molecule has 2 aliphatic heterocycles. The molecule has 0 amide bonds. The summed E-state index contributed by atoms with van der Waals surface area (Å²) in [5, 5.41) is 4.20. The molecule has 3 nitrogen and oxygen atoms in total. The molecule has 0 unspecified atom stereocenters. The van der Waals surface area contributed by atoms with Crippen LogP contribution < -0.4 is 14.8 Å². The number of benzene rings is 2. The van der Waals surface area contributed by atoms with Crippen molar-refractivity contribution in [3.05, 3.63) is 53.3 Å². The van der Waals surface area contributed by atoms with Crippen LogP contribution in [0.4, 0.5) is 4.39 Å². The highest BCUT2D eigenvalue weighted by Gasteiger charge is 2.34. The van der Waals surface area contributed by atoms with Gasteiger partial charge in [0.05, 0.1) is 0 Å². The molecule has 2 aliphatic rings. The first-order chi connectivity index (χ1) is 11.7. The molecular formula is C19H19ClFNO2. The van der Waals surface area contributed by atoms with E-state index in [-0.39, 0.29) is 11.9 Å². The van der Waals surface area contributed by atoms with Crippen LogP contribution in [0.15, 0.2) is 42.5 Å². The first-order valence-electron chi connectivity index (χ1n) is 8.31. The van der Waals surface area contributed by atoms with Crippen LogP contribution in [-0.4, -0.2) is 18.2 Å². The molecule has 126 valence electrons. The van der Waals surface area contributed by atoms with Crippen molar-refractivity contribution < 1.29 is 13.9 Å². The Morgan fingerprint density at radius 2 is 1.62 bits per heavy atom. The number of nitrogens with one attached hydrogen (secondary N) is 1. The van der Waals surface area contributed by atoms with Crippen LogP contribution in [0, 0.1) is 5.82 Å². The number of ether oxygens (including phenoxy) is 2. The SMILES string of the molecule is Fc1ccc(O[C@@H]2C[C@H]3CC[C@@H](C2)N3)cc1Oc1ccc(Cl)cc1. The highest BCUT2D eigenvalue weighted by molar-refractivity contribution is 6.30. The molecule has 2 fully saturated rings. The molecule has 0 aliphatic carbocycles. The summed E-state index contributed by atoms with van der Waals surface area (Å²) in [6, 6.07) is 12.6. The largest absolute Gasteiger partial charge is 0.490 e. The maximum atomic E-state index is 14.0. The molecule has 2 aromatic rings. The van der Waals surface area contributed by atoms with Gasteiger partial charge in [-0.15, -0.1) is 0 Å². The lowest BCUT2D eigenvalue weighted by Crippen LogP contribution is -2.42. The van der Waals surface area contributed by atoms with Gasteiger partial charge < -0.3 is 14.8 Å². The predicted octanol–water partition coefficient (Wildman–Crippen LogP) is 4.93. The van der Waals surface area contributed by atoms with Gasteiger partial charge in [0, 0.05) is 23.2 Å². The van der Waals surface area contributed by atoms with Crippen LogP contribution in [0.25, 0.3) is 0 Å². The van der Waals surface area contributed by atoms with E-state index in [0.29, 0.717) is 28.6 Å². The minimum atomic E-state index is -0.414. The zero-order valence-electron chi connectivity index (χ0n) is 13.2. The third-order valence-corrected chi connectivity index (χ3v) is 4.93. The Morgan fingerprint density at radius 3 is 2.33 bits per heavy atom. The second-order valence-corrected chi connectivity index (χ2v) is 6.93. The Bertz CT molecular complexity index is 710. The Balaban J connectivity index is 1.47. The molecule has 2 aromatic carbocycles. The summed E-state index contributed by atoms with van der Waals surface area (Å²) in [6.07, 6.45) is 4.62. The van der Waals surface area contributed by atoms with E-state index in [0.717, 1.165) is 12.8 Å². The van der Waals surface area contributed by atoms with Gasteiger partial charge in [0.2, 0.25) is 0 Å². The van der Waals surface area contributed by atoms with E-state index in [1.54, 1.807) is 36.4 Å². The molecule has 2 heterocycles. The second kappa shape index (κ2) is 6.61. The molecule has 0 spiro atoms. The van der Waals surface area contributed by atoms with Gasteiger partial charge in [-0.3, -0.25) is 0 Å². The molecular weight excluding hydrogens is 329 g/mol. The fourth-order valence-corrected chi connectivity index (χ4v) is 3.68. The summed E-state index contributed by atoms with van der Waals surface area (Å²) in [4.78, 5) is 0. The number of hydrogen-bond donors (Lipinski definition) is 1. The van der Waals surface area contributed by atoms with E-state index in [1.165, 1.54) is 18.9 Å².